The molecule has 2 aromatic heterocycles. The summed E-state index contributed by atoms with van der Waals surface area (Å²) in [5.74, 6) is 2.68. The maximum Gasteiger partial charge on any atom is 0.225 e. The van der Waals surface area contributed by atoms with Crippen LogP contribution in [0.25, 0.3) is 10.2 Å². The number of anilines is 2. The van der Waals surface area contributed by atoms with Crippen molar-refractivity contribution in [3.8, 4) is 0 Å². The number of fused-ring (bicyclic) bond motifs is 1. The number of thiophene rings is 1. The topological polar surface area (TPSA) is 49.8 Å². The average molecular weight is 288 g/mol. The fraction of sp³-hybridized carbons (Fsp3) is 0.600. The average Bonchev–Trinajstić information content (AvgIpc) is 3.32. The Bertz CT molecular complexity index is 655. The minimum absolute atomic E-state index is 0.585. The van der Waals surface area contributed by atoms with E-state index >= 15 is 0 Å². The highest BCUT2D eigenvalue weighted by molar-refractivity contribution is 7.18. The molecule has 5 heteroatoms. The van der Waals surface area contributed by atoms with E-state index in [1.54, 1.807) is 11.3 Å². The van der Waals surface area contributed by atoms with Gasteiger partial charge in [-0.15, -0.1) is 11.3 Å². The number of rotatable bonds is 5. The molecule has 2 fully saturated rings. The van der Waals surface area contributed by atoms with E-state index in [2.05, 4.69) is 33.6 Å². The van der Waals surface area contributed by atoms with E-state index in [4.69, 9.17) is 0 Å². The summed E-state index contributed by atoms with van der Waals surface area (Å²) >= 11 is 1.73. The van der Waals surface area contributed by atoms with E-state index in [9.17, 15) is 0 Å². The second-order valence-electron chi connectivity index (χ2n) is 6.21. The van der Waals surface area contributed by atoms with Gasteiger partial charge in [-0.2, -0.15) is 4.98 Å². The van der Waals surface area contributed by atoms with Crippen LogP contribution in [0.3, 0.4) is 0 Å². The molecule has 0 radical (unpaired) electrons. The first-order chi connectivity index (χ1) is 9.70. The quantitative estimate of drug-likeness (QED) is 0.882. The molecular weight excluding hydrogens is 268 g/mol. The third-order valence-electron chi connectivity index (χ3n) is 4.68. The van der Waals surface area contributed by atoms with Gasteiger partial charge in [-0.25, -0.2) is 4.98 Å². The van der Waals surface area contributed by atoms with Crippen LogP contribution in [-0.4, -0.2) is 23.6 Å². The van der Waals surface area contributed by atoms with Crippen LogP contribution in [0.5, 0.6) is 0 Å². The molecule has 0 aromatic carbocycles. The third-order valence-corrected chi connectivity index (χ3v) is 5.63. The molecule has 0 aliphatic heterocycles. The number of nitrogens with one attached hydrogen (secondary N) is 2. The van der Waals surface area contributed by atoms with Crippen molar-refractivity contribution in [1.29, 1.82) is 0 Å². The monoisotopic (exact) mass is 288 g/mol. The Labute approximate surface area is 123 Å². The van der Waals surface area contributed by atoms with Crippen molar-refractivity contribution in [3.63, 3.8) is 0 Å². The number of aryl methyl sites for hydroxylation is 1. The highest BCUT2D eigenvalue weighted by Crippen LogP contribution is 2.61. The lowest BCUT2D eigenvalue weighted by atomic mass is 10.0. The lowest BCUT2D eigenvalue weighted by molar-refractivity contribution is 0.466. The van der Waals surface area contributed by atoms with E-state index in [0.29, 0.717) is 11.4 Å². The molecule has 106 valence electrons. The summed E-state index contributed by atoms with van der Waals surface area (Å²) in [6, 6.07) is 2.19. The van der Waals surface area contributed by atoms with Crippen LogP contribution in [0.1, 0.15) is 30.6 Å². The molecule has 4 nitrogen and oxygen atoms in total. The van der Waals surface area contributed by atoms with Gasteiger partial charge in [0.25, 0.3) is 0 Å². The van der Waals surface area contributed by atoms with Gasteiger partial charge < -0.3 is 10.6 Å². The third kappa shape index (κ3) is 2.04. The first-order valence-corrected chi connectivity index (χ1v) is 8.22. The van der Waals surface area contributed by atoms with Crippen molar-refractivity contribution in [1.82, 2.24) is 9.97 Å². The van der Waals surface area contributed by atoms with Gasteiger partial charge in [0.05, 0.1) is 5.39 Å². The zero-order valence-electron chi connectivity index (χ0n) is 12.0. The maximum atomic E-state index is 4.62. The summed E-state index contributed by atoms with van der Waals surface area (Å²) in [6.45, 7) is 3.20. The molecule has 2 aliphatic carbocycles. The van der Waals surface area contributed by atoms with Crippen LogP contribution in [-0.2, 0) is 0 Å². The highest BCUT2D eigenvalue weighted by Gasteiger charge is 2.53. The van der Waals surface area contributed by atoms with E-state index in [1.165, 1.54) is 30.6 Å². The standard InChI is InChI=1S/C15H20N4S/c1-9-7-11-12(18-14(16-2)19-13(11)20-9)17-8-15(5-6-15)10-3-4-10/h7,10H,3-6,8H2,1-2H3,(H2,16,17,18,19). The van der Waals surface area contributed by atoms with Crippen LogP contribution in [0, 0.1) is 18.3 Å². The Morgan fingerprint density at radius 1 is 1.35 bits per heavy atom. The zero-order chi connectivity index (χ0) is 13.7. The van der Waals surface area contributed by atoms with Crippen molar-refractivity contribution in [2.75, 3.05) is 24.2 Å². The van der Waals surface area contributed by atoms with Gasteiger partial charge in [0.1, 0.15) is 10.6 Å². The van der Waals surface area contributed by atoms with Gasteiger partial charge in [0.2, 0.25) is 5.95 Å². The van der Waals surface area contributed by atoms with Gasteiger partial charge in [-0.05, 0) is 50.0 Å². The maximum absolute atomic E-state index is 4.62. The summed E-state index contributed by atoms with van der Waals surface area (Å²) in [6.07, 6.45) is 5.64. The molecule has 2 N–H and O–H groups in total. The highest BCUT2D eigenvalue weighted by atomic mass is 32.1. The van der Waals surface area contributed by atoms with Crippen molar-refractivity contribution in [2.24, 2.45) is 11.3 Å². The molecule has 0 amide bonds. The van der Waals surface area contributed by atoms with Crippen LogP contribution >= 0.6 is 11.3 Å². The van der Waals surface area contributed by atoms with Gasteiger partial charge in [0, 0.05) is 18.5 Å². The second kappa shape index (κ2) is 4.32. The zero-order valence-corrected chi connectivity index (χ0v) is 12.8. The Morgan fingerprint density at radius 3 is 2.80 bits per heavy atom. The number of hydrogen-bond acceptors (Lipinski definition) is 5. The van der Waals surface area contributed by atoms with Gasteiger partial charge in [-0.3, -0.25) is 0 Å². The van der Waals surface area contributed by atoms with Crippen LogP contribution in [0.2, 0.25) is 0 Å². The Balaban J connectivity index is 1.63. The minimum atomic E-state index is 0.585. The van der Waals surface area contributed by atoms with E-state index in [1.807, 2.05) is 7.05 Å². The van der Waals surface area contributed by atoms with Crippen LogP contribution in [0.4, 0.5) is 11.8 Å². The molecule has 0 unspecified atom stereocenters. The lowest BCUT2D eigenvalue weighted by Gasteiger charge is -2.16. The first-order valence-electron chi connectivity index (χ1n) is 7.40. The summed E-state index contributed by atoms with van der Waals surface area (Å²) in [5, 5.41) is 7.84. The molecule has 2 saturated carbocycles. The largest absolute Gasteiger partial charge is 0.369 e. The molecule has 2 aliphatic rings. The number of hydrogen-bond donors (Lipinski definition) is 2. The smallest absolute Gasteiger partial charge is 0.225 e. The minimum Gasteiger partial charge on any atom is -0.369 e. The molecule has 20 heavy (non-hydrogen) atoms. The predicted octanol–water partition coefficient (Wildman–Crippen LogP) is 3.64. The van der Waals surface area contributed by atoms with E-state index < -0.39 is 0 Å². The van der Waals surface area contributed by atoms with E-state index in [-0.39, 0.29) is 0 Å². The van der Waals surface area contributed by atoms with Crippen LogP contribution in [0.15, 0.2) is 6.07 Å². The van der Waals surface area contributed by atoms with Crippen molar-refractivity contribution in [3.05, 3.63) is 10.9 Å². The number of aromatic nitrogens is 2. The Kier molecular flexibility index (Phi) is 2.67. The van der Waals surface area contributed by atoms with Crippen molar-refractivity contribution < 1.29 is 0 Å². The van der Waals surface area contributed by atoms with E-state index in [0.717, 1.165) is 28.5 Å². The van der Waals surface area contributed by atoms with Crippen molar-refractivity contribution >= 4 is 33.3 Å². The Hall–Kier alpha value is -1.36. The summed E-state index contributed by atoms with van der Waals surface area (Å²) < 4.78 is 0. The molecule has 4 rings (SSSR count). The Morgan fingerprint density at radius 2 is 2.15 bits per heavy atom. The molecule has 0 atom stereocenters. The normalized spacial score (nSPS) is 20.1. The van der Waals surface area contributed by atoms with Gasteiger partial charge in [0.15, 0.2) is 0 Å². The van der Waals surface area contributed by atoms with Gasteiger partial charge in [-0.1, -0.05) is 0 Å². The number of nitrogens with zero attached hydrogens (tertiary/aromatic N) is 2. The van der Waals surface area contributed by atoms with Gasteiger partial charge >= 0.3 is 0 Å². The summed E-state index contributed by atoms with van der Waals surface area (Å²) in [7, 11) is 1.87. The molecule has 2 heterocycles. The molecule has 0 bridgehead atoms. The van der Waals surface area contributed by atoms with Crippen LogP contribution < -0.4 is 10.6 Å². The summed E-state index contributed by atoms with van der Waals surface area (Å²) in [4.78, 5) is 11.5. The fourth-order valence-electron chi connectivity index (χ4n) is 3.13. The fourth-order valence-corrected chi connectivity index (χ4v) is 4.01. The molecule has 2 aromatic rings. The first kappa shape index (κ1) is 12.4. The SMILES string of the molecule is CNc1nc(NCC2(C3CC3)CC2)c2cc(C)sc2n1. The summed E-state index contributed by atoms with van der Waals surface area (Å²) in [5.41, 5.74) is 0.585. The molecular formula is C15H20N4S. The predicted molar refractivity (Wildman–Crippen MR) is 84.6 cm³/mol. The lowest BCUT2D eigenvalue weighted by Crippen LogP contribution is -2.18. The molecule has 0 spiro atoms. The second-order valence-corrected chi connectivity index (χ2v) is 7.45. The molecule has 0 saturated heterocycles. The van der Waals surface area contributed by atoms with Crippen molar-refractivity contribution in [2.45, 2.75) is 32.6 Å².